The van der Waals surface area contributed by atoms with E-state index >= 15 is 0 Å². The van der Waals surface area contributed by atoms with Crippen LogP contribution in [0, 0.1) is 0 Å². The topological polar surface area (TPSA) is 94.4 Å². The minimum Gasteiger partial charge on any atom is -0.504 e. The molecule has 7 nitrogen and oxygen atoms in total. The summed E-state index contributed by atoms with van der Waals surface area (Å²) < 4.78 is 11.1. The highest BCUT2D eigenvalue weighted by Crippen LogP contribution is 2.49. The Bertz CT molecular complexity index is 796. The molecule has 7 heteroatoms. The Labute approximate surface area is 158 Å². The molecule has 27 heavy (non-hydrogen) atoms. The molecule has 1 unspecified atom stereocenters. The maximum absolute atomic E-state index is 12.6. The monoisotopic (exact) mass is 371 g/mol. The highest BCUT2D eigenvalue weighted by molar-refractivity contribution is 5.98. The maximum atomic E-state index is 12.6. The molecule has 2 bridgehead atoms. The van der Waals surface area contributed by atoms with E-state index in [0.717, 1.165) is 19.3 Å². The summed E-state index contributed by atoms with van der Waals surface area (Å²) in [7, 11) is 0. The Hall–Kier alpha value is -2.70. The van der Waals surface area contributed by atoms with Crippen molar-refractivity contribution in [2.24, 2.45) is 0 Å². The number of rotatable bonds is 9. The normalized spacial score (nSPS) is 14.8. The van der Waals surface area contributed by atoms with Gasteiger partial charge >= 0.3 is 5.97 Å². The van der Waals surface area contributed by atoms with E-state index in [1.807, 2.05) is 6.92 Å². The highest BCUT2D eigenvalue weighted by atomic mass is 16.5. The van der Waals surface area contributed by atoms with Gasteiger partial charge in [-0.1, -0.05) is 39.0 Å². The van der Waals surface area contributed by atoms with Crippen LogP contribution in [0.15, 0.2) is 18.7 Å². The summed E-state index contributed by atoms with van der Waals surface area (Å²) in [6.07, 6.45) is 9.07. The third-order valence-electron chi connectivity index (χ3n) is 4.69. The van der Waals surface area contributed by atoms with Crippen molar-refractivity contribution in [3.05, 3.63) is 29.8 Å². The van der Waals surface area contributed by atoms with Crippen molar-refractivity contribution >= 4 is 5.97 Å². The molecule has 3 rings (SSSR count). The van der Waals surface area contributed by atoms with Crippen LogP contribution < -0.4 is 4.74 Å². The summed E-state index contributed by atoms with van der Waals surface area (Å²) in [5.41, 5.74) is 1.38. The molecule has 1 aliphatic rings. The summed E-state index contributed by atoms with van der Waals surface area (Å²) in [5, 5.41) is 10.6. The number of unbranched alkanes of at least 4 members (excludes halogenated alkanes) is 5. The number of nitrogens with zero attached hydrogens (tertiary/aromatic N) is 3. The second-order valence-electron chi connectivity index (χ2n) is 6.69. The van der Waals surface area contributed by atoms with Gasteiger partial charge in [0.05, 0.1) is 12.2 Å². The zero-order valence-corrected chi connectivity index (χ0v) is 15.8. The lowest BCUT2D eigenvalue weighted by molar-refractivity contribution is 0.0496. The fourth-order valence-electron chi connectivity index (χ4n) is 3.22. The van der Waals surface area contributed by atoms with Crippen LogP contribution in [0.2, 0.25) is 0 Å². The number of hydrogen-bond acceptors (Lipinski definition) is 7. The number of carbonyl (C=O) groups excluding carboxylic acids is 1. The fraction of sp³-hybridized carbons (Fsp3) is 0.500. The molecule has 1 aromatic heterocycles. The number of phenolic OH excluding ortho intramolecular Hbond substituents is 1. The van der Waals surface area contributed by atoms with Crippen molar-refractivity contribution < 1.29 is 19.4 Å². The van der Waals surface area contributed by atoms with Crippen molar-refractivity contribution in [3.63, 3.8) is 0 Å². The van der Waals surface area contributed by atoms with Crippen molar-refractivity contribution in [2.75, 3.05) is 6.61 Å². The second-order valence-corrected chi connectivity index (χ2v) is 6.69. The SMILES string of the molecule is CCCCCCCCOC(=O)c1c2cc(-c3ncncn3)c(O)c1OC2C. The zero-order chi connectivity index (χ0) is 19.2. The molecule has 1 aliphatic heterocycles. The number of phenols is 1. The first-order chi connectivity index (χ1) is 13.1. The van der Waals surface area contributed by atoms with Gasteiger partial charge in [-0.05, 0) is 19.4 Å². The molecule has 1 aromatic carbocycles. The number of hydrogen-bond donors (Lipinski definition) is 1. The van der Waals surface area contributed by atoms with Crippen LogP contribution in [0.1, 0.15) is 74.4 Å². The van der Waals surface area contributed by atoms with Gasteiger partial charge < -0.3 is 14.6 Å². The van der Waals surface area contributed by atoms with Gasteiger partial charge in [-0.15, -0.1) is 0 Å². The number of esters is 1. The summed E-state index contributed by atoms with van der Waals surface area (Å²) in [5.74, 6) is -0.144. The van der Waals surface area contributed by atoms with E-state index in [9.17, 15) is 9.90 Å². The van der Waals surface area contributed by atoms with Gasteiger partial charge in [0.2, 0.25) is 0 Å². The van der Waals surface area contributed by atoms with Gasteiger partial charge in [0, 0.05) is 5.56 Å². The molecule has 144 valence electrons. The Morgan fingerprint density at radius 3 is 2.63 bits per heavy atom. The van der Waals surface area contributed by atoms with Crippen LogP contribution in [-0.4, -0.2) is 32.6 Å². The van der Waals surface area contributed by atoms with Crippen LogP contribution in [0.25, 0.3) is 11.4 Å². The van der Waals surface area contributed by atoms with Gasteiger partial charge in [-0.2, -0.15) is 0 Å². The smallest absolute Gasteiger partial charge is 0.342 e. The van der Waals surface area contributed by atoms with Crippen molar-refractivity contribution in [3.8, 4) is 22.9 Å². The summed E-state index contributed by atoms with van der Waals surface area (Å²) in [6, 6.07) is 1.69. The first-order valence-corrected chi connectivity index (χ1v) is 9.49. The molecule has 2 heterocycles. The Balaban J connectivity index is 1.70. The molecule has 0 saturated heterocycles. The van der Waals surface area contributed by atoms with Crippen LogP contribution in [0.4, 0.5) is 0 Å². The van der Waals surface area contributed by atoms with Crippen molar-refractivity contribution in [1.82, 2.24) is 15.0 Å². The van der Waals surface area contributed by atoms with Gasteiger partial charge in [0.15, 0.2) is 17.3 Å². The Kier molecular flexibility index (Phi) is 6.21. The molecular formula is C20H25N3O4. The van der Waals surface area contributed by atoms with E-state index in [1.165, 1.54) is 31.9 Å². The molecular weight excluding hydrogens is 346 g/mol. The molecule has 1 N–H and O–H groups in total. The number of benzene rings is 1. The maximum Gasteiger partial charge on any atom is 0.342 e. The summed E-state index contributed by atoms with van der Waals surface area (Å²) in [4.78, 5) is 24.4. The van der Waals surface area contributed by atoms with E-state index in [0.29, 0.717) is 29.1 Å². The van der Waals surface area contributed by atoms with Gasteiger partial charge in [0.1, 0.15) is 24.3 Å². The van der Waals surface area contributed by atoms with E-state index in [-0.39, 0.29) is 17.6 Å². The van der Waals surface area contributed by atoms with Crippen molar-refractivity contribution in [1.29, 1.82) is 0 Å². The van der Waals surface area contributed by atoms with Crippen LogP contribution >= 0.6 is 0 Å². The summed E-state index contributed by atoms with van der Waals surface area (Å²) in [6.45, 7) is 4.38. The molecule has 0 fully saturated rings. The minimum atomic E-state index is -0.463. The number of ether oxygens (including phenoxy) is 2. The lowest BCUT2D eigenvalue weighted by Gasteiger charge is -2.09. The van der Waals surface area contributed by atoms with E-state index in [4.69, 9.17) is 9.47 Å². The molecule has 0 spiro atoms. The number of fused-ring (bicyclic) bond motifs is 2. The fourth-order valence-corrected chi connectivity index (χ4v) is 3.22. The minimum absolute atomic E-state index is 0.142. The van der Waals surface area contributed by atoms with Crippen LogP contribution in [0.3, 0.4) is 0 Å². The first-order valence-electron chi connectivity index (χ1n) is 9.49. The molecule has 1 atom stereocenters. The molecule has 0 saturated carbocycles. The zero-order valence-electron chi connectivity index (χ0n) is 15.8. The lowest BCUT2D eigenvalue weighted by Crippen LogP contribution is -2.08. The predicted octanol–water partition coefficient (Wildman–Crippen LogP) is 4.21. The quantitative estimate of drug-likeness (QED) is 0.521. The van der Waals surface area contributed by atoms with Gasteiger partial charge in [-0.25, -0.2) is 19.7 Å². The Morgan fingerprint density at radius 2 is 1.89 bits per heavy atom. The predicted molar refractivity (Wildman–Crippen MR) is 99.6 cm³/mol. The molecule has 0 amide bonds. The number of aromatic nitrogens is 3. The van der Waals surface area contributed by atoms with E-state index in [1.54, 1.807) is 6.07 Å². The van der Waals surface area contributed by atoms with Gasteiger partial charge in [-0.3, -0.25) is 0 Å². The third kappa shape index (κ3) is 4.18. The number of carbonyl (C=O) groups is 1. The average Bonchev–Trinajstić information content (AvgIpc) is 2.95. The molecule has 0 radical (unpaired) electrons. The van der Waals surface area contributed by atoms with Crippen molar-refractivity contribution in [2.45, 2.75) is 58.5 Å². The van der Waals surface area contributed by atoms with Crippen LogP contribution in [-0.2, 0) is 4.74 Å². The second kappa shape index (κ2) is 8.79. The highest BCUT2D eigenvalue weighted by Gasteiger charge is 2.35. The largest absolute Gasteiger partial charge is 0.504 e. The molecule has 2 aromatic rings. The Morgan fingerprint density at radius 1 is 1.19 bits per heavy atom. The summed E-state index contributed by atoms with van der Waals surface area (Å²) >= 11 is 0. The van der Waals surface area contributed by atoms with E-state index in [2.05, 4.69) is 21.9 Å². The van der Waals surface area contributed by atoms with E-state index < -0.39 is 5.97 Å². The third-order valence-corrected chi connectivity index (χ3v) is 4.69. The number of aromatic hydroxyl groups is 1. The first kappa shape index (κ1) is 19.1. The lowest BCUT2D eigenvalue weighted by atomic mass is 10.0. The van der Waals surface area contributed by atoms with Crippen LogP contribution in [0.5, 0.6) is 11.5 Å². The average molecular weight is 371 g/mol. The van der Waals surface area contributed by atoms with Gasteiger partial charge in [0.25, 0.3) is 0 Å². The molecule has 0 aliphatic carbocycles. The standard InChI is InChI=1S/C20H25N3O4/c1-3-4-5-6-7-8-9-26-20(25)16-14-10-15(19-22-11-21-12-23-19)17(24)18(16)27-13(14)2/h10-13,24H,3-9H2,1-2H3.